The van der Waals surface area contributed by atoms with Gasteiger partial charge in [0.05, 0.1) is 40.6 Å². The van der Waals surface area contributed by atoms with Crippen molar-refractivity contribution in [2.24, 2.45) is 25.9 Å². The van der Waals surface area contributed by atoms with Gasteiger partial charge in [-0.1, -0.05) is 11.6 Å². The number of benzene rings is 2. The van der Waals surface area contributed by atoms with Crippen molar-refractivity contribution in [3.05, 3.63) is 63.7 Å². The molecule has 2 aromatic carbocycles. The lowest BCUT2D eigenvalue weighted by molar-refractivity contribution is -0.134. The number of aryl methyl sites for hydroxylation is 2. The van der Waals surface area contributed by atoms with Gasteiger partial charge >= 0.3 is 5.92 Å². The highest BCUT2D eigenvalue weighted by Crippen LogP contribution is 2.46. The highest BCUT2D eigenvalue weighted by molar-refractivity contribution is 6.33. The number of nitrogens with one attached hydrogen (secondary N) is 5. The number of aromatic nitrogens is 5. The van der Waals surface area contributed by atoms with Crippen molar-refractivity contribution in [3.8, 4) is 5.75 Å². The molecule has 0 spiro atoms. The van der Waals surface area contributed by atoms with Crippen LogP contribution in [0.3, 0.4) is 0 Å². The van der Waals surface area contributed by atoms with Gasteiger partial charge in [0.15, 0.2) is 12.4 Å². The van der Waals surface area contributed by atoms with Crippen molar-refractivity contribution in [2.45, 2.75) is 75.3 Å². The van der Waals surface area contributed by atoms with Gasteiger partial charge in [-0.3, -0.25) is 24.4 Å². The van der Waals surface area contributed by atoms with E-state index in [1.165, 1.54) is 10.8 Å². The standard InChI is InChI=1S/C40H43ClF2N10O4/c1-52-29-13-10-23(15-27(29)33-34(38(52)56)57-19-40(42,43)35(49-33)21-5-6-21)47-36-28(41)18-45-39(50-36)44-17-20-3-7-22(8-4-20)46-24-9-11-25-30(16-24)53(2)51-32(25)26-12-14-31(54)48-37(26)55/h9-11,13,15-16,18,20-22,26,35,46,49H,3-8,12,14,17,19H2,1-2H3,(H,48,54,55)(H2,44,45,47,50)/t20?,22?,26?,35-/m0/s1. The normalized spacial score (nSPS) is 23.2. The third-order valence-electron chi connectivity index (χ3n) is 11.8. The van der Waals surface area contributed by atoms with Crippen LogP contribution in [0.1, 0.15) is 63.0 Å². The van der Waals surface area contributed by atoms with Gasteiger partial charge in [-0.05, 0) is 93.2 Å². The lowest BCUT2D eigenvalue weighted by Crippen LogP contribution is -2.44. The van der Waals surface area contributed by atoms with Gasteiger partial charge in [-0.15, -0.1) is 0 Å². The number of fused-ring (bicyclic) bond motifs is 4. The maximum atomic E-state index is 15.1. The molecule has 3 aromatic heterocycles. The fourth-order valence-corrected chi connectivity index (χ4v) is 8.67. The van der Waals surface area contributed by atoms with E-state index in [0.29, 0.717) is 83.3 Å². The highest BCUT2D eigenvalue weighted by atomic mass is 35.5. The fourth-order valence-electron chi connectivity index (χ4n) is 8.53. The zero-order chi connectivity index (χ0) is 39.6. The molecule has 2 atom stereocenters. The quantitative estimate of drug-likeness (QED) is 0.104. The van der Waals surface area contributed by atoms with E-state index >= 15 is 8.78 Å². The van der Waals surface area contributed by atoms with Crippen molar-refractivity contribution in [2.75, 3.05) is 34.4 Å². The summed E-state index contributed by atoms with van der Waals surface area (Å²) in [4.78, 5) is 46.4. The van der Waals surface area contributed by atoms with E-state index in [1.54, 1.807) is 29.9 Å². The van der Waals surface area contributed by atoms with E-state index in [4.69, 9.17) is 16.3 Å². The van der Waals surface area contributed by atoms with Crippen LogP contribution < -0.4 is 36.9 Å². The molecule has 298 valence electrons. The zero-order valence-electron chi connectivity index (χ0n) is 31.5. The number of anilines is 5. The van der Waals surface area contributed by atoms with Crippen LogP contribution in [0.2, 0.25) is 5.02 Å². The van der Waals surface area contributed by atoms with Gasteiger partial charge in [0, 0.05) is 55.2 Å². The summed E-state index contributed by atoms with van der Waals surface area (Å²) in [7, 11) is 3.46. The Balaban J connectivity index is 0.834. The number of ether oxygens (including phenoxy) is 1. The zero-order valence-corrected chi connectivity index (χ0v) is 32.3. The molecule has 2 amide bonds. The third-order valence-corrected chi connectivity index (χ3v) is 12.1. The first kappa shape index (κ1) is 37.1. The molecule has 5 heterocycles. The first-order chi connectivity index (χ1) is 27.4. The average molecular weight is 801 g/mol. The van der Waals surface area contributed by atoms with Gasteiger partial charge < -0.3 is 30.6 Å². The lowest BCUT2D eigenvalue weighted by Gasteiger charge is -2.30. The molecular weight excluding hydrogens is 758 g/mol. The Bertz CT molecular complexity index is 2480. The van der Waals surface area contributed by atoms with E-state index < -0.39 is 30.0 Å². The number of imide groups is 1. The van der Waals surface area contributed by atoms with Crippen molar-refractivity contribution in [1.29, 1.82) is 0 Å². The molecule has 1 saturated heterocycles. The van der Waals surface area contributed by atoms with Crippen LogP contribution in [-0.2, 0) is 23.7 Å². The predicted molar refractivity (Wildman–Crippen MR) is 214 cm³/mol. The molecule has 0 radical (unpaired) electrons. The Morgan fingerprint density at radius 1 is 0.965 bits per heavy atom. The number of nitrogens with zero attached hydrogens (tertiary/aromatic N) is 5. The Morgan fingerprint density at radius 2 is 1.75 bits per heavy atom. The minimum Gasteiger partial charge on any atom is -0.480 e. The van der Waals surface area contributed by atoms with Crippen LogP contribution in [-0.4, -0.2) is 67.3 Å². The second-order valence-electron chi connectivity index (χ2n) is 15.8. The molecule has 0 bridgehead atoms. The first-order valence-electron chi connectivity index (χ1n) is 19.5. The Kier molecular flexibility index (Phi) is 9.41. The number of carbonyl (C=O) groups excluding carboxylic acids is 2. The molecule has 2 saturated carbocycles. The molecule has 2 aliphatic carbocycles. The number of hydrogen-bond donors (Lipinski definition) is 5. The predicted octanol–water partition coefficient (Wildman–Crippen LogP) is 6.43. The van der Waals surface area contributed by atoms with Crippen molar-refractivity contribution >= 4 is 74.0 Å². The summed E-state index contributed by atoms with van der Waals surface area (Å²) in [6.07, 6.45) is 7.68. The monoisotopic (exact) mass is 800 g/mol. The number of pyridine rings is 1. The number of halogens is 3. The molecule has 57 heavy (non-hydrogen) atoms. The Labute approximate surface area is 331 Å². The van der Waals surface area contributed by atoms with Crippen molar-refractivity contribution < 1.29 is 23.1 Å². The van der Waals surface area contributed by atoms with Crippen LogP contribution in [0.25, 0.3) is 21.8 Å². The molecule has 3 fully saturated rings. The van der Waals surface area contributed by atoms with Gasteiger partial charge in [-0.25, -0.2) is 13.8 Å². The number of alkyl halides is 2. The first-order valence-corrected chi connectivity index (χ1v) is 19.8. The summed E-state index contributed by atoms with van der Waals surface area (Å²) < 4.78 is 38.9. The molecule has 17 heteroatoms. The summed E-state index contributed by atoms with van der Waals surface area (Å²) in [6, 6.07) is 10.6. The molecule has 9 rings (SSSR count). The summed E-state index contributed by atoms with van der Waals surface area (Å²) >= 11 is 6.54. The van der Waals surface area contributed by atoms with Crippen LogP contribution in [0.15, 0.2) is 47.4 Å². The van der Waals surface area contributed by atoms with Crippen molar-refractivity contribution in [3.63, 3.8) is 0 Å². The summed E-state index contributed by atoms with van der Waals surface area (Å²) in [6.45, 7) is -0.176. The number of hydrogen-bond acceptors (Lipinski definition) is 11. The largest absolute Gasteiger partial charge is 0.480 e. The minimum absolute atomic E-state index is 0.116. The second-order valence-corrected chi connectivity index (χ2v) is 16.2. The smallest absolute Gasteiger partial charge is 0.301 e. The molecule has 14 nitrogen and oxygen atoms in total. The van der Waals surface area contributed by atoms with Crippen LogP contribution in [0.5, 0.6) is 5.75 Å². The highest BCUT2D eigenvalue weighted by Gasteiger charge is 2.51. The van der Waals surface area contributed by atoms with E-state index in [1.807, 2.05) is 19.2 Å². The Morgan fingerprint density at radius 3 is 2.53 bits per heavy atom. The summed E-state index contributed by atoms with van der Waals surface area (Å²) in [5, 5.41) is 22.2. The Hall–Kier alpha value is -5.51. The van der Waals surface area contributed by atoms with E-state index in [0.717, 1.165) is 42.3 Å². The maximum Gasteiger partial charge on any atom is 0.301 e. The number of amides is 2. The topological polar surface area (TPSA) is 169 Å². The number of carbonyl (C=O) groups is 2. The molecule has 4 aliphatic rings. The van der Waals surface area contributed by atoms with E-state index in [2.05, 4.69) is 47.7 Å². The number of rotatable bonds is 9. The minimum atomic E-state index is -3.13. The van der Waals surface area contributed by atoms with Gasteiger partial charge in [0.25, 0.3) is 5.56 Å². The van der Waals surface area contributed by atoms with E-state index in [9.17, 15) is 14.4 Å². The third kappa shape index (κ3) is 7.19. The van der Waals surface area contributed by atoms with Crippen molar-refractivity contribution in [1.82, 2.24) is 29.6 Å². The number of piperidine rings is 1. The van der Waals surface area contributed by atoms with Crippen LogP contribution in [0.4, 0.5) is 37.6 Å². The molecular formula is C40H43ClF2N10O4. The van der Waals surface area contributed by atoms with Gasteiger partial charge in [0.2, 0.25) is 23.5 Å². The van der Waals surface area contributed by atoms with E-state index in [-0.39, 0.29) is 29.2 Å². The molecule has 5 aromatic rings. The second kappa shape index (κ2) is 14.5. The fraction of sp³-hybridized carbons (Fsp3) is 0.450. The van der Waals surface area contributed by atoms with Gasteiger partial charge in [0.1, 0.15) is 5.02 Å². The lowest BCUT2D eigenvalue weighted by atomic mass is 9.86. The summed E-state index contributed by atoms with van der Waals surface area (Å²) in [5.41, 5.74) is 3.57. The van der Waals surface area contributed by atoms with Gasteiger partial charge in [-0.2, -0.15) is 10.1 Å². The van der Waals surface area contributed by atoms with Crippen LogP contribution in [0, 0.1) is 11.8 Å². The molecule has 1 unspecified atom stereocenters. The maximum absolute atomic E-state index is 15.1. The SMILES string of the molecule is Cn1nc(C2CCC(=O)NC2=O)c2ccc(NC3CCC(CNc4ncc(Cl)c(Nc5ccc6c(c5)c5c(c(=O)n6C)OCC(F)(F)[C@H](C6CC6)N5)n4)CC3)cc21. The molecule has 2 aliphatic heterocycles. The summed E-state index contributed by atoms with van der Waals surface area (Å²) in [5.74, 6) is -3.20. The molecule has 5 N–H and O–H groups in total. The van der Waals surface area contributed by atoms with Crippen LogP contribution >= 0.6 is 11.6 Å². The average Bonchev–Trinajstić information content (AvgIpc) is 4.00.